The summed E-state index contributed by atoms with van der Waals surface area (Å²) < 4.78 is 53.1. The van der Waals surface area contributed by atoms with Crippen LogP contribution in [0.1, 0.15) is 62.3 Å². The van der Waals surface area contributed by atoms with Crippen molar-refractivity contribution in [2.75, 3.05) is 26.3 Å². The normalized spacial score (nSPS) is 16.9. The molecule has 8 rings (SSSR count). The van der Waals surface area contributed by atoms with Crippen molar-refractivity contribution in [2.24, 2.45) is 0 Å². The summed E-state index contributed by atoms with van der Waals surface area (Å²) in [6.45, 7) is 8.51. The third kappa shape index (κ3) is 11.1. The van der Waals surface area contributed by atoms with Crippen molar-refractivity contribution in [3.63, 3.8) is 0 Å². The topological polar surface area (TPSA) is 137 Å². The van der Waals surface area contributed by atoms with Crippen molar-refractivity contribution in [3.8, 4) is 0 Å². The Labute approximate surface area is 432 Å². The fourth-order valence-electron chi connectivity index (χ4n) is 10.5. The Morgan fingerprint density at radius 3 is 1.65 bits per heavy atom. The van der Waals surface area contributed by atoms with Gasteiger partial charge in [-0.15, -0.1) is 0 Å². The third-order valence-electron chi connectivity index (χ3n) is 13.7. The van der Waals surface area contributed by atoms with Crippen LogP contribution in [-0.2, 0) is 34.3 Å². The summed E-state index contributed by atoms with van der Waals surface area (Å²) in [5.74, 6) is -0.800. The van der Waals surface area contributed by atoms with Crippen LogP contribution in [0.2, 0.25) is 5.04 Å². The summed E-state index contributed by atoms with van der Waals surface area (Å²) in [6, 6.07) is 63.3. The first-order chi connectivity index (χ1) is 34.7. The third-order valence-corrected chi connectivity index (χ3v) is 20.7. The fourth-order valence-corrected chi connectivity index (χ4v) is 16.6. The Balaban J connectivity index is 1.21. The smallest absolute Gasteiger partial charge is 0.302 e. The van der Waals surface area contributed by atoms with Gasteiger partial charge in [0, 0.05) is 61.6 Å². The number of esters is 1. The van der Waals surface area contributed by atoms with Gasteiger partial charge < -0.3 is 13.9 Å². The minimum absolute atomic E-state index is 0.127. The maximum absolute atomic E-state index is 14.2. The van der Waals surface area contributed by atoms with Crippen LogP contribution in [-0.4, -0.2) is 77.0 Å². The number of halogens is 1. The Kier molecular flexibility index (Phi) is 16.5. The first-order valence-electron chi connectivity index (χ1n) is 24.1. The van der Waals surface area contributed by atoms with Crippen molar-refractivity contribution < 1.29 is 32.0 Å². The molecule has 0 radical (unpaired) electrons. The Bertz CT molecular complexity index is 2870. The second-order valence-electron chi connectivity index (χ2n) is 19.1. The van der Waals surface area contributed by atoms with Gasteiger partial charge in [-0.3, -0.25) is 19.8 Å². The molecule has 0 spiro atoms. The molecule has 0 aromatic heterocycles. The average molecular weight is 1070 g/mol. The zero-order valence-electron chi connectivity index (χ0n) is 40.8. The van der Waals surface area contributed by atoms with Crippen molar-refractivity contribution in [3.05, 3.63) is 237 Å². The van der Waals surface area contributed by atoms with Crippen molar-refractivity contribution >= 4 is 56.3 Å². The summed E-state index contributed by atoms with van der Waals surface area (Å²) in [7, 11) is -7.40. The molecule has 1 fully saturated rings. The van der Waals surface area contributed by atoms with E-state index in [1.54, 1.807) is 0 Å². The highest BCUT2D eigenvalue weighted by molar-refractivity contribution is 9.10. The minimum Gasteiger partial charge on any atom is -0.461 e. The summed E-state index contributed by atoms with van der Waals surface area (Å²) in [4.78, 5) is 26.3. The number of nitrogens with zero attached hydrogens (tertiary/aromatic N) is 2. The monoisotopic (exact) mass is 1070 g/mol. The van der Waals surface area contributed by atoms with Gasteiger partial charge in [0.15, 0.2) is 4.90 Å². The fraction of sp³-hybridized carbons (Fsp3) is 0.259. The number of nitro benzene ring substituents is 1. The van der Waals surface area contributed by atoms with Crippen molar-refractivity contribution in [1.29, 1.82) is 0 Å². The van der Waals surface area contributed by atoms with Crippen LogP contribution in [0.4, 0.5) is 5.69 Å². The molecule has 1 unspecified atom stereocenters. The van der Waals surface area contributed by atoms with Gasteiger partial charge in [-0.1, -0.05) is 213 Å². The molecule has 1 heterocycles. The van der Waals surface area contributed by atoms with E-state index in [4.69, 9.17) is 13.9 Å². The van der Waals surface area contributed by atoms with E-state index >= 15 is 0 Å². The lowest BCUT2D eigenvalue weighted by Gasteiger charge is -2.57. The number of hydrogen-bond acceptors (Lipinski definition) is 9. The largest absolute Gasteiger partial charge is 0.461 e. The number of nitrogens with one attached hydrogen (secondary N) is 1. The number of carbonyl (C=O) groups excluding carboxylic acids is 1. The summed E-state index contributed by atoms with van der Waals surface area (Å²) in [5, 5.41) is 14.0. The molecule has 72 heavy (non-hydrogen) atoms. The molecule has 4 atom stereocenters. The van der Waals surface area contributed by atoms with Crippen LogP contribution >= 0.6 is 15.9 Å². The van der Waals surface area contributed by atoms with Crippen LogP contribution in [0.25, 0.3) is 0 Å². The van der Waals surface area contributed by atoms with Gasteiger partial charge in [0.25, 0.3) is 14.0 Å². The van der Waals surface area contributed by atoms with E-state index in [0.717, 1.165) is 37.1 Å². The average Bonchev–Trinajstić information content (AvgIpc) is 3.38. The standard InChI is InChI=1S/C58H60BrN3O8SSi/c1-43(63)70-49(38-39-69-72(57(2,3)4,50-28-16-8-17-29-50)51-30-18-9-19-31-51)41-61-53(40-60-71(66,67)55-33-21-20-32-52(55)62(64)65)56(44-34-36-48(59)37-35-44)54(61)42-68-58(45-22-10-5-11-23-45,46-24-12-6-13-25-46)47-26-14-7-15-27-47/h5-37,49,53-54,56,60H,38-42H2,1-4H3/t49?,53-,54+,56+/m0/s1. The van der Waals surface area contributed by atoms with Gasteiger partial charge in [0.05, 0.1) is 11.5 Å². The number of nitro groups is 1. The molecule has 0 saturated carbocycles. The molecule has 7 aromatic rings. The van der Waals surface area contributed by atoms with Gasteiger partial charge in [-0.2, -0.15) is 0 Å². The molecule has 0 aliphatic carbocycles. The van der Waals surface area contributed by atoms with Crippen molar-refractivity contribution in [2.45, 2.75) is 73.8 Å². The summed E-state index contributed by atoms with van der Waals surface area (Å²) in [5.41, 5.74) is 2.07. The van der Waals surface area contributed by atoms with Crippen LogP contribution in [0.3, 0.4) is 0 Å². The SMILES string of the molecule is CC(=O)OC(CCO[Si](c1ccccc1)(c1ccccc1)C(C)(C)C)CN1[C@H](COC(c2ccccc2)(c2ccccc2)c2ccccc2)[C@H](c2ccc(Br)cc2)[C@@H]1CNS(=O)(=O)c1ccccc1[N+](=O)[O-]. The van der Waals surface area contributed by atoms with Crippen LogP contribution < -0.4 is 15.1 Å². The van der Waals surface area contributed by atoms with Gasteiger partial charge in [0.2, 0.25) is 10.0 Å². The van der Waals surface area contributed by atoms with Gasteiger partial charge >= 0.3 is 5.97 Å². The second-order valence-corrected chi connectivity index (χ2v) is 26.1. The zero-order valence-corrected chi connectivity index (χ0v) is 44.2. The minimum atomic E-state index is -4.41. The number of ether oxygens (including phenoxy) is 2. The Hall–Kier alpha value is -6.10. The first-order valence-corrected chi connectivity index (χ1v) is 28.3. The van der Waals surface area contributed by atoms with E-state index < -0.39 is 63.6 Å². The van der Waals surface area contributed by atoms with Gasteiger partial charge in [-0.25, -0.2) is 13.1 Å². The molecule has 0 amide bonds. The Morgan fingerprint density at radius 2 is 1.18 bits per heavy atom. The predicted molar refractivity (Wildman–Crippen MR) is 288 cm³/mol. The molecule has 11 nitrogen and oxygen atoms in total. The zero-order chi connectivity index (χ0) is 50.9. The molecule has 1 N–H and O–H groups in total. The Morgan fingerprint density at radius 1 is 0.708 bits per heavy atom. The van der Waals surface area contributed by atoms with E-state index in [1.807, 2.05) is 115 Å². The summed E-state index contributed by atoms with van der Waals surface area (Å²) >= 11 is 3.61. The van der Waals surface area contributed by atoms with Crippen LogP contribution in [0.15, 0.2) is 210 Å². The molecule has 1 saturated heterocycles. The molecular weight excluding hydrogens is 1010 g/mol. The molecule has 1 aliphatic rings. The molecule has 14 heteroatoms. The molecule has 372 valence electrons. The van der Waals surface area contributed by atoms with E-state index in [1.165, 1.54) is 31.2 Å². The van der Waals surface area contributed by atoms with E-state index in [2.05, 4.69) is 107 Å². The number of benzene rings is 7. The molecular formula is C58H60BrN3O8SSi. The van der Waals surface area contributed by atoms with Crippen molar-refractivity contribution in [1.82, 2.24) is 9.62 Å². The molecule has 1 aliphatic heterocycles. The van der Waals surface area contributed by atoms with Crippen LogP contribution in [0.5, 0.6) is 0 Å². The quantitative estimate of drug-likeness (QED) is 0.0245. The van der Waals surface area contributed by atoms with Gasteiger partial charge in [-0.05, 0) is 55.9 Å². The molecule has 7 aromatic carbocycles. The van der Waals surface area contributed by atoms with E-state index in [0.29, 0.717) is 6.42 Å². The maximum atomic E-state index is 14.2. The number of likely N-dealkylation sites (tertiary alicyclic amines) is 1. The van der Waals surface area contributed by atoms with E-state index in [-0.39, 0.29) is 37.3 Å². The second kappa shape index (κ2) is 22.8. The van der Waals surface area contributed by atoms with E-state index in [9.17, 15) is 23.3 Å². The number of hydrogen-bond donors (Lipinski definition) is 1. The lowest BCUT2D eigenvalue weighted by Crippen LogP contribution is -2.69. The number of carbonyl (C=O) groups is 1. The number of sulfonamides is 1. The number of rotatable bonds is 21. The molecule has 0 bridgehead atoms. The predicted octanol–water partition coefficient (Wildman–Crippen LogP) is 10.4. The highest BCUT2D eigenvalue weighted by Gasteiger charge is 2.53. The summed E-state index contributed by atoms with van der Waals surface area (Å²) in [6.07, 6.45) is -0.376. The lowest BCUT2D eigenvalue weighted by molar-refractivity contribution is -0.387. The number of para-hydroxylation sites is 1. The first kappa shape index (κ1) is 52.2. The van der Waals surface area contributed by atoms with Crippen LogP contribution in [0, 0.1) is 10.1 Å². The highest BCUT2D eigenvalue weighted by Crippen LogP contribution is 2.46. The lowest BCUT2D eigenvalue weighted by atomic mass is 9.74. The highest BCUT2D eigenvalue weighted by atomic mass is 79.9. The maximum Gasteiger partial charge on any atom is 0.302 e. The van der Waals surface area contributed by atoms with Gasteiger partial charge in [0.1, 0.15) is 11.7 Å².